The molecule has 0 atom stereocenters. The van der Waals surface area contributed by atoms with E-state index in [2.05, 4.69) is 21.6 Å². The highest BCUT2D eigenvalue weighted by atomic mass is 32.2. The lowest BCUT2D eigenvalue weighted by Gasteiger charge is -2.07. The highest BCUT2D eigenvalue weighted by Gasteiger charge is 2.14. The number of aryl methyl sites for hydroxylation is 1. The summed E-state index contributed by atoms with van der Waals surface area (Å²) in [5.74, 6) is 0.0718. The third kappa shape index (κ3) is 3.77. The van der Waals surface area contributed by atoms with Gasteiger partial charge in [-0.05, 0) is 36.6 Å². The summed E-state index contributed by atoms with van der Waals surface area (Å²) in [6.45, 7) is 2.13. The number of hydrogen-bond acceptors (Lipinski definition) is 4. The van der Waals surface area contributed by atoms with E-state index in [1.807, 2.05) is 12.1 Å². The molecule has 0 spiro atoms. The summed E-state index contributed by atoms with van der Waals surface area (Å²) in [5, 5.41) is 0. The molecule has 0 aliphatic rings. The topological polar surface area (TPSA) is 72.0 Å². The third-order valence-corrected chi connectivity index (χ3v) is 4.19. The van der Waals surface area contributed by atoms with Crippen molar-refractivity contribution in [1.29, 1.82) is 0 Å². The van der Waals surface area contributed by atoms with E-state index in [4.69, 9.17) is 0 Å². The van der Waals surface area contributed by atoms with Gasteiger partial charge in [-0.1, -0.05) is 25.5 Å². The number of aromatic nitrogens is 2. The van der Waals surface area contributed by atoms with Crippen LogP contribution in [0.15, 0.2) is 47.6 Å². The zero-order chi connectivity index (χ0) is 14.4. The Balaban J connectivity index is 2.13. The fourth-order valence-corrected chi connectivity index (χ4v) is 2.71. The van der Waals surface area contributed by atoms with Crippen molar-refractivity contribution in [2.45, 2.75) is 31.1 Å². The van der Waals surface area contributed by atoms with Crippen LogP contribution in [0.25, 0.3) is 0 Å². The molecule has 6 heteroatoms. The zero-order valence-electron chi connectivity index (χ0n) is 11.3. The first kappa shape index (κ1) is 14.5. The standard InChI is InChI=1S/C14H17N3O2S/c1-2-3-5-12-6-8-13(9-7-12)20(18,19)17-14-15-10-4-11-16-14/h4,6-11H,2-3,5H2,1H3,(H,15,16,17). The molecule has 0 saturated carbocycles. The maximum Gasteiger partial charge on any atom is 0.264 e. The van der Waals surface area contributed by atoms with Gasteiger partial charge in [0.05, 0.1) is 4.90 Å². The molecule has 0 unspecified atom stereocenters. The molecule has 2 rings (SSSR count). The van der Waals surface area contributed by atoms with Crippen LogP contribution in [-0.2, 0) is 16.4 Å². The predicted octanol–water partition coefficient (Wildman–Crippen LogP) is 2.62. The van der Waals surface area contributed by atoms with E-state index in [0.29, 0.717) is 0 Å². The number of unbranched alkanes of at least 4 members (excludes halogenated alkanes) is 1. The lowest BCUT2D eigenvalue weighted by molar-refractivity contribution is 0.600. The molecule has 0 bridgehead atoms. The van der Waals surface area contributed by atoms with Crippen molar-refractivity contribution in [2.24, 2.45) is 0 Å². The van der Waals surface area contributed by atoms with Gasteiger partial charge in [0, 0.05) is 12.4 Å². The molecule has 106 valence electrons. The SMILES string of the molecule is CCCCc1ccc(S(=O)(=O)Nc2ncccn2)cc1. The van der Waals surface area contributed by atoms with Crippen molar-refractivity contribution in [3.8, 4) is 0 Å². The molecule has 0 saturated heterocycles. The smallest absolute Gasteiger partial charge is 0.247 e. The van der Waals surface area contributed by atoms with Gasteiger partial charge < -0.3 is 0 Å². The lowest BCUT2D eigenvalue weighted by Crippen LogP contribution is -2.14. The molecule has 1 heterocycles. The van der Waals surface area contributed by atoms with E-state index in [-0.39, 0.29) is 10.8 Å². The summed E-state index contributed by atoms with van der Waals surface area (Å²) in [5.41, 5.74) is 1.14. The molecule has 1 aromatic heterocycles. The van der Waals surface area contributed by atoms with Crippen molar-refractivity contribution in [1.82, 2.24) is 9.97 Å². The first-order chi connectivity index (χ1) is 9.62. The van der Waals surface area contributed by atoms with Gasteiger partial charge in [-0.3, -0.25) is 0 Å². The van der Waals surface area contributed by atoms with Crippen LogP contribution < -0.4 is 4.72 Å². The van der Waals surface area contributed by atoms with E-state index in [1.54, 1.807) is 18.2 Å². The van der Waals surface area contributed by atoms with Crippen LogP contribution in [0.2, 0.25) is 0 Å². The second-order valence-electron chi connectivity index (χ2n) is 4.43. The Kier molecular flexibility index (Phi) is 4.68. The fourth-order valence-electron chi connectivity index (χ4n) is 1.75. The highest BCUT2D eigenvalue weighted by Crippen LogP contribution is 2.14. The Morgan fingerprint density at radius 1 is 1.10 bits per heavy atom. The minimum Gasteiger partial charge on any atom is -0.247 e. The largest absolute Gasteiger partial charge is 0.264 e. The molecule has 1 aromatic carbocycles. The third-order valence-electron chi connectivity index (χ3n) is 2.84. The van der Waals surface area contributed by atoms with Crippen LogP contribution in [0.3, 0.4) is 0 Å². The normalized spacial score (nSPS) is 11.2. The Bertz CT molecular complexity index is 640. The average molecular weight is 291 g/mol. The van der Waals surface area contributed by atoms with Gasteiger partial charge >= 0.3 is 0 Å². The van der Waals surface area contributed by atoms with Gasteiger partial charge in [-0.25, -0.2) is 23.1 Å². The van der Waals surface area contributed by atoms with Crippen molar-refractivity contribution in [3.05, 3.63) is 48.3 Å². The Morgan fingerprint density at radius 3 is 2.35 bits per heavy atom. The zero-order valence-corrected chi connectivity index (χ0v) is 12.1. The van der Waals surface area contributed by atoms with Crippen LogP contribution >= 0.6 is 0 Å². The van der Waals surface area contributed by atoms with E-state index >= 15 is 0 Å². The second-order valence-corrected chi connectivity index (χ2v) is 6.11. The van der Waals surface area contributed by atoms with E-state index in [0.717, 1.165) is 24.8 Å². The number of sulfonamides is 1. The maximum absolute atomic E-state index is 12.1. The van der Waals surface area contributed by atoms with Gasteiger partial charge in [-0.2, -0.15) is 0 Å². The number of nitrogens with one attached hydrogen (secondary N) is 1. The summed E-state index contributed by atoms with van der Waals surface area (Å²) in [6, 6.07) is 8.53. The van der Waals surface area contributed by atoms with Crippen LogP contribution in [0, 0.1) is 0 Å². The Morgan fingerprint density at radius 2 is 1.75 bits per heavy atom. The molecular weight excluding hydrogens is 274 g/mol. The van der Waals surface area contributed by atoms with E-state index < -0.39 is 10.0 Å². The van der Waals surface area contributed by atoms with Gasteiger partial charge in [-0.15, -0.1) is 0 Å². The number of nitrogens with zero attached hydrogens (tertiary/aromatic N) is 2. The molecule has 0 aliphatic heterocycles. The Hall–Kier alpha value is -1.95. The van der Waals surface area contributed by atoms with Gasteiger partial charge in [0.15, 0.2) is 0 Å². The Labute approximate surface area is 119 Å². The average Bonchev–Trinajstić information content (AvgIpc) is 2.46. The fraction of sp³-hybridized carbons (Fsp3) is 0.286. The molecule has 5 nitrogen and oxygen atoms in total. The molecule has 0 amide bonds. The van der Waals surface area contributed by atoms with E-state index in [1.165, 1.54) is 12.4 Å². The van der Waals surface area contributed by atoms with Crippen LogP contribution in [0.5, 0.6) is 0 Å². The highest BCUT2D eigenvalue weighted by molar-refractivity contribution is 7.92. The van der Waals surface area contributed by atoms with Crippen LogP contribution in [-0.4, -0.2) is 18.4 Å². The molecule has 0 radical (unpaired) electrons. The number of rotatable bonds is 6. The van der Waals surface area contributed by atoms with Crippen LogP contribution in [0.4, 0.5) is 5.95 Å². The molecule has 0 aliphatic carbocycles. The molecular formula is C14H17N3O2S. The number of benzene rings is 1. The molecule has 2 aromatic rings. The van der Waals surface area contributed by atoms with Crippen molar-refractivity contribution >= 4 is 16.0 Å². The summed E-state index contributed by atoms with van der Waals surface area (Å²) in [4.78, 5) is 7.91. The predicted molar refractivity (Wildman–Crippen MR) is 77.9 cm³/mol. The number of hydrogen-bond donors (Lipinski definition) is 1. The van der Waals surface area contributed by atoms with Crippen molar-refractivity contribution < 1.29 is 8.42 Å². The van der Waals surface area contributed by atoms with Gasteiger partial charge in [0.2, 0.25) is 5.95 Å². The summed E-state index contributed by atoms with van der Waals surface area (Å²) in [7, 11) is -3.63. The summed E-state index contributed by atoms with van der Waals surface area (Å²) in [6.07, 6.45) is 6.15. The lowest BCUT2D eigenvalue weighted by atomic mass is 10.1. The monoisotopic (exact) mass is 291 g/mol. The maximum atomic E-state index is 12.1. The minimum atomic E-state index is -3.63. The molecule has 0 fully saturated rings. The van der Waals surface area contributed by atoms with Crippen LogP contribution in [0.1, 0.15) is 25.3 Å². The molecule has 1 N–H and O–H groups in total. The van der Waals surface area contributed by atoms with Crippen molar-refractivity contribution in [2.75, 3.05) is 4.72 Å². The quantitative estimate of drug-likeness (QED) is 0.888. The number of anilines is 1. The molecule has 20 heavy (non-hydrogen) atoms. The first-order valence-electron chi connectivity index (χ1n) is 6.50. The summed E-state index contributed by atoms with van der Waals surface area (Å²) >= 11 is 0. The van der Waals surface area contributed by atoms with Gasteiger partial charge in [0.1, 0.15) is 0 Å². The van der Waals surface area contributed by atoms with E-state index in [9.17, 15) is 8.42 Å². The van der Waals surface area contributed by atoms with Crippen molar-refractivity contribution in [3.63, 3.8) is 0 Å². The minimum absolute atomic E-state index is 0.0718. The first-order valence-corrected chi connectivity index (χ1v) is 7.99. The summed E-state index contributed by atoms with van der Waals surface area (Å²) < 4.78 is 26.6. The second kappa shape index (κ2) is 6.47. The van der Waals surface area contributed by atoms with Gasteiger partial charge in [0.25, 0.3) is 10.0 Å².